The Morgan fingerprint density at radius 1 is 1.20 bits per heavy atom. The zero-order valence-electron chi connectivity index (χ0n) is 13.7. The van der Waals surface area contributed by atoms with Crippen LogP contribution in [0.3, 0.4) is 0 Å². The number of hydrogen-bond donors (Lipinski definition) is 2. The smallest absolute Gasteiger partial charge is 0.409 e. The third-order valence-corrected chi connectivity index (χ3v) is 3.74. The SMILES string of the molecule is CCOC(=O)N1CCC(NC(=O)C(=O)Nc2ccc(F)cc2F)CC1. The fourth-order valence-corrected chi connectivity index (χ4v) is 2.44. The molecule has 1 aliphatic heterocycles. The molecule has 0 unspecified atom stereocenters. The van der Waals surface area contributed by atoms with Gasteiger partial charge >= 0.3 is 17.9 Å². The van der Waals surface area contributed by atoms with Crippen LogP contribution in [0.1, 0.15) is 19.8 Å². The van der Waals surface area contributed by atoms with Crippen LogP contribution in [-0.4, -0.2) is 48.5 Å². The second-order valence-corrected chi connectivity index (χ2v) is 5.51. The Labute approximate surface area is 143 Å². The van der Waals surface area contributed by atoms with Crippen LogP contribution < -0.4 is 10.6 Å². The van der Waals surface area contributed by atoms with Gasteiger partial charge in [0.15, 0.2) is 0 Å². The molecule has 0 spiro atoms. The third kappa shape index (κ3) is 5.13. The van der Waals surface area contributed by atoms with E-state index in [0.29, 0.717) is 32.0 Å². The van der Waals surface area contributed by atoms with Crippen LogP contribution in [0.5, 0.6) is 0 Å². The van der Waals surface area contributed by atoms with Crippen LogP contribution in [0.15, 0.2) is 18.2 Å². The summed E-state index contributed by atoms with van der Waals surface area (Å²) < 4.78 is 31.2. The summed E-state index contributed by atoms with van der Waals surface area (Å²) in [5, 5.41) is 4.63. The quantitative estimate of drug-likeness (QED) is 0.807. The van der Waals surface area contributed by atoms with Crippen molar-refractivity contribution >= 4 is 23.6 Å². The number of likely N-dealkylation sites (tertiary alicyclic amines) is 1. The lowest BCUT2D eigenvalue weighted by Crippen LogP contribution is -2.49. The highest BCUT2D eigenvalue weighted by Crippen LogP contribution is 2.15. The molecule has 25 heavy (non-hydrogen) atoms. The molecule has 1 heterocycles. The molecule has 1 saturated heterocycles. The number of nitrogens with one attached hydrogen (secondary N) is 2. The molecule has 0 saturated carbocycles. The van der Waals surface area contributed by atoms with Gasteiger partial charge in [0.25, 0.3) is 0 Å². The molecule has 0 atom stereocenters. The topological polar surface area (TPSA) is 87.7 Å². The maximum atomic E-state index is 13.5. The minimum Gasteiger partial charge on any atom is -0.450 e. The predicted octanol–water partition coefficient (Wildman–Crippen LogP) is 1.64. The molecule has 0 radical (unpaired) electrons. The minimum absolute atomic E-state index is 0.276. The van der Waals surface area contributed by atoms with Crippen molar-refractivity contribution in [2.75, 3.05) is 25.0 Å². The molecule has 1 fully saturated rings. The number of ether oxygens (including phenoxy) is 1. The highest BCUT2D eigenvalue weighted by Gasteiger charge is 2.26. The van der Waals surface area contributed by atoms with Gasteiger partial charge in [-0.1, -0.05) is 0 Å². The molecule has 1 aliphatic rings. The highest BCUT2D eigenvalue weighted by atomic mass is 19.1. The molecule has 0 bridgehead atoms. The van der Waals surface area contributed by atoms with Gasteiger partial charge in [-0.05, 0) is 31.9 Å². The first-order valence-corrected chi connectivity index (χ1v) is 7.89. The predicted molar refractivity (Wildman–Crippen MR) is 84.7 cm³/mol. The van der Waals surface area contributed by atoms with Crippen molar-refractivity contribution in [3.63, 3.8) is 0 Å². The Kier molecular flexibility index (Phi) is 6.26. The molecule has 1 aromatic carbocycles. The summed E-state index contributed by atoms with van der Waals surface area (Å²) >= 11 is 0. The first kappa shape index (κ1) is 18.6. The standard InChI is InChI=1S/C16H19F2N3O4/c1-2-25-16(24)21-7-5-11(6-8-21)19-14(22)15(23)20-13-4-3-10(17)9-12(13)18/h3-4,9,11H,2,5-8H2,1H3,(H,19,22)(H,20,23). The van der Waals surface area contributed by atoms with Crippen molar-refractivity contribution in [3.05, 3.63) is 29.8 Å². The largest absolute Gasteiger partial charge is 0.450 e. The van der Waals surface area contributed by atoms with Crippen LogP contribution >= 0.6 is 0 Å². The molecule has 0 aliphatic carbocycles. The van der Waals surface area contributed by atoms with Gasteiger partial charge < -0.3 is 20.3 Å². The lowest BCUT2D eigenvalue weighted by Gasteiger charge is -2.31. The number of halogens is 2. The van der Waals surface area contributed by atoms with E-state index in [1.165, 1.54) is 4.90 Å². The zero-order chi connectivity index (χ0) is 18.4. The summed E-state index contributed by atoms with van der Waals surface area (Å²) in [6.45, 7) is 2.80. The molecule has 1 aromatic rings. The van der Waals surface area contributed by atoms with Crippen molar-refractivity contribution in [2.24, 2.45) is 0 Å². The molecule has 7 nitrogen and oxygen atoms in total. The highest BCUT2D eigenvalue weighted by molar-refractivity contribution is 6.39. The van der Waals surface area contributed by atoms with Gasteiger partial charge in [0.05, 0.1) is 12.3 Å². The van der Waals surface area contributed by atoms with Crippen molar-refractivity contribution in [1.82, 2.24) is 10.2 Å². The number of rotatable bonds is 3. The van der Waals surface area contributed by atoms with E-state index in [2.05, 4.69) is 10.6 Å². The Balaban J connectivity index is 1.82. The van der Waals surface area contributed by atoms with Crippen molar-refractivity contribution in [1.29, 1.82) is 0 Å². The molecular formula is C16H19F2N3O4. The van der Waals surface area contributed by atoms with E-state index in [4.69, 9.17) is 4.74 Å². The van der Waals surface area contributed by atoms with Gasteiger partial charge in [-0.15, -0.1) is 0 Å². The Morgan fingerprint density at radius 3 is 2.48 bits per heavy atom. The summed E-state index contributed by atoms with van der Waals surface area (Å²) in [6.07, 6.45) is 0.544. The van der Waals surface area contributed by atoms with Crippen molar-refractivity contribution < 1.29 is 27.9 Å². The van der Waals surface area contributed by atoms with Gasteiger partial charge in [0, 0.05) is 25.2 Å². The lowest BCUT2D eigenvalue weighted by atomic mass is 10.1. The molecular weight excluding hydrogens is 336 g/mol. The second kappa shape index (κ2) is 8.41. The van der Waals surface area contributed by atoms with Gasteiger partial charge in [-0.2, -0.15) is 0 Å². The van der Waals surface area contributed by atoms with Crippen LogP contribution in [0.25, 0.3) is 0 Å². The summed E-state index contributed by atoms with van der Waals surface area (Å²) in [5.41, 5.74) is -0.279. The number of hydrogen-bond acceptors (Lipinski definition) is 4. The first-order chi connectivity index (χ1) is 11.9. The molecule has 0 aromatic heterocycles. The van der Waals surface area contributed by atoms with E-state index in [1.54, 1.807) is 6.92 Å². The molecule has 9 heteroatoms. The van der Waals surface area contributed by atoms with E-state index in [1.807, 2.05) is 0 Å². The van der Waals surface area contributed by atoms with Crippen LogP contribution in [0.4, 0.5) is 19.3 Å². The fourth-order valence-electron chi connectivity index (χ4n) is 2.44. The maximum Gasteiger partial charge on any atom is 0.409 e. The average molecular weight is 355 g/mol. The molecule has 136 valence electrons. The Hall–Kier alpha value is -2.71. The van der Waals surface area contributed by atoms with Crippen LogP contribution in [0.2, 0.25) is 0 Å². The number of amides is 3. The number of carbonyl (C=O) groups excluding carboxylic acids is 3. The van der Waals surface area contributed by atoms with E-state index in [9.17, 15) is 23.2 Å². The van der Waals surface area contributed by atoms with E-state index in [0.717, 1.165) is 12.1 Å². The van der Waals surface area contributed by atoms with Gasteiger partial charge in [0.1, 0.15) is 11.6 Å². The number of benzene rings is 1. The number of anilines is 1. The van der Waals surface area contributed by atoms with E-state index >= 15 is 0 Å². The van der Waals surface area contributed by atoms with Crippen LogP contribution in [-0.2, 0) is 14.3 Å². The third-order valence-electron chi connectivity index (χ3n) is 3.74. The monoisotopic (exact) mass is 355 g/mol. The maximum absolute atomic E-state index is 13.5. The summed E-state index contributed by atoms with van der Waals surface area (Å²) in [7, 11) is 0. The average Bonchev–Trinajstić information content (AvgIpc) is 2.58. The van der Waals surface area contributed by atoms with Gasteiger partial charge in [0.2, 0.25) is 0 Å². The Bertz CT molecular complexity index is 661. The van der Waals surface area contributed by atoms with Gasteiger partial charge in [-0.3, -0.25) is 9.59 Å². The number of nitrogens with zero attached hydrogens (tertiary/aromatic N) is 1. The summed E-state index contributed by atoms with van der Waals surface area (Å²) in [5.74, 6) is -3.71. The summed E-state index contributed by atoms with van der Waals surface area (Å²) in [6, 6.07) is 2.34. The lowest BCUT2D eigenvalue weighted by molar-refractivity contribution is -0.136. The van der Waals surface area contributed by atoms with E-state index in [-0.39, 0.29) is 18.3 Å². The second-order valence-electron chi connectivity index (χ2n) is 5.51. The van der Waals surface area contributed by atoms with E-state index < -0.39 is 29.5 Å². The Morgan fingerprint density at radius 2 is 1.88 bits per heavy atom. The first-order valence-electron chi connectivity index (χ1n) is 7.89. The number of piperidine rings is 1. The van der Waals surface area contributed by atoms with Gasteiger partial charge in [-0.25, -0.2) is 13.6 Å². The van der Waals surface area contributed by atoms with Crippen molar-refractivity contribution in [3.8, 4) is 0 Å². The molecule has 3 amide bonds. The zero-order valence-corrected chi connectivity index (χ0v) is 13.7. The number of carbonyl (C=O) groups is 3. The summed E-state index contributed by atoms with van der Waals surface area (Å²) in [4.78, 5) is 36.8. The van der Waals surface area contributed by atoms with Crippen molar-refractivity contribution in [2.45, 2.75) is 25.8 Å². The fraction of sp³-hybridized carbons (Fsp3) is 0.438. The molecule has 2 N–H and O–H groups in total. The molecule has 2 rings (SSSR count). The normalized spacial score (nSPS) is 14.8. The minimum atomic E-state index is -1.04. The van der Waals surface area contributed by atoms with Crippen LogP contribution in [0, 0.1) is 11.6 Å².